The molecule has 3 nitrogen and oxygen atoms in total. The van der Waals surface area contributed by atoms with Gasteiger partial charge in [-0.2, -0.15) is 0 Å². The van der Waals surface area contributed by atoms with Crippen LogP contribution in [-0.4, -0.2) is 23.1 Å². The smallest absolute Gasteiger partial charge is 0.150 e. The molecule has 0 radical (unpaired) electrons. The van der Waals surface area contributed by atoms with E-state index in [4.69, 9.17) is 11.6 Å². The molecule has 4 heteroatoms. The molecule has 0 spiro atoms. The molecule has 1 saturated heterocycles. The van der Waals surface area contributed by atoms with Gasteiger partial charge in [0.2, 0.25) is 0 Å². The number of rotatable bonds is 3. The molecule has 1 aliphatic rings. The normalized spacial score (nSPS) is 16.4. The predicted octanol–water partition coefficient (Wildman–Crippen LogP) is 3.59. The van der Waals surface area contributed by atoms with E-state index >= 15 is 0 Å². The molecule has 0 N–H and O–H groups in total. The highest BCUT2D eigenvalue weighted by Gasteiger charge is 2.21. The van der Waals surface area contributed by atoms with Crippen LogP contribution >= 0.6 is 11.6 Å². The van der Waals surface area contributed by atoms with Gasteiger partial charge in [0, 0.05) is 13.1 Å². The summed E-state index contributed by atoms with van der Waals surface area (Å²) in [6.45, 7) is 2.04. The molecule has 1 aromatic heterocycles. The van der Waals surface area contributed by atoms with E-state index in [0.717, 1.165) is 24.8 Å². The lowest BCUT2D eigenvalue weighted by molar-refractivity contribution is 0.402. The monoisotopic (exact) mass is 287 g/mol. The van der Waals surface area contributed by atoms with Crippen LogP contribution in [0.2, 0.25) is 5.02 Å². The minimum absolute atomic E-state index is 0.647. The van der Waals surface area contributed by atoms with Gasteiger partial charge in [-0.3, -0.25) is 0 Å². The molecule has 1 fully saturated rings. The van der Waals surface area contributed by atoms with E-state index in [0.29, 0.717) is 5.02 Å². The Balaban J connectivity index is 1.59. The first kappa shape index (κ1) is 13.4. The molecule has 0 saturated carbocycles. The third-order valence-corrected chi connectivity index (χ3v) is 4.20. The van der Waals surface area contributed by atoms with Crippen molar-refractivity contribution < 1.29 is 0 Å². The van der Waals surface area contributed by atoms with E-state index in [-0.39, 0.29) is 0 Å². The lowest BCUT2D eigenvalue weighted by Crippen LogP contribution is -2.35. The number of piperidine rings is 1. The summed E-state index contributed by atoms with van der Waals surface area (Å²) >= 11 is 6.16. The number of benzene rings is 1. The second-order valence-corrected chi connectivity index (χ2v) is 5.72. The van der Waals surface area contributed by atoms with Gasteiger partial charge in [0.15, 0.2) is 5.82 Å². The highest BCUT2D eigenvalue weighted by Crippen LogP contribution is 2.28. The van der Waals surface area contributed by atoms with Crippen LogP contribution in [0.3, 0.4) is 0 Å². The number of halogens is 1. The molecule has 2 heterocycles. The molecule has 0 bridgehead atoms. The van der Waals surface area contributed by atoms with Crippen LogP contribution in [0, 0.1) is 5.92 Å². The summed E-state index contributed by atoms with van der Waals surface area (Å²) in [4.78, 5) is 10.5. The highest BCUT2D eigenvalue weighted by molar-refractivity contribution is 6.32. The SMILES string of the molecule is Clc1cncnc1N1CCC(Cc2ccccc2)CC1. The van der Waals surface area contributed by atoms with Gasteiger partial charge in [0.1, 0.15) is 11.3 Å². The van der Waals surface area contributed by atoms with Crippen molar-refractivity contribution in [3.8, 4) is 0 Å². The van der Waals surface area contributed by atoms with E-state index in [1.807, 2.05) is 0 Å². The molecule has 104 valence electrons. The minimum Gasteiger partial charge on any atom is -0.355 e. The maximum atomic E-state index is 6.16. The number of nitrogens with zero attached hydrogens (tertiary/aromatic N) is 3. The molecule has 0 aliphatic carbocycles. The summed E-state index contributed by atoms with van der Waals surface area (Å²) < 4.78 is 0. The Labute approximate surface area is 124 Å². The number of hydrogen-bond acceptors (Lipinski definition) is 3. The summed E-state index contributed by atoms with van der Waals surface area (Å²) in [6, 6.07) is 10.7. The Hall–Kier alpha value is -1.61. The van der Waals surface area contributed by atoms with Gasteiger partial charge in [-0.15, -0.1) is 0 Å². The van der Waals surface area contributed by atoms with Crippen molar-refractivity contribution >= 4 is 17.4 Å². The van der Waals surface area contributed by atoms with Crippen molar-refractivity contribution in [3.05, 3.63) is 53.4 Å². The maximum Gasteiger partial charge on any atom is 0.150 e. The van der Waals surface area contributed by atoms with Crippen LogP contribution in [0.1, 0.15) is 18.4 Å². The van der Waals surface area contributed by atoms with Crippen LogP contribution < -0.4 is 4.90 Å². The van der Waals surface area contributed by atoms with E-state index in [1.54, 1.807) is 12.5 Å². The van der Waals surface area contributed by atoms with Crippen molar-refractivity contribution in [1.29, 1.82) is 0 Å². The first-order valence-electron chi connectivity index (χ1n) is 7.07. The summed E-state index contributed by atoms with van der Waals surface area (Å²) in [7, 11) is 0. The van der Waals surface area contributed by atoms with Crippen molar-refractivity contribution in [2.24, 2.45) is 5.92 Å². The quantitative estimate of drug-likeness (QED) is 0.864. The van der Waals surface area contributed by atoms with Gasteiger partial charge >= 0.3 is 0 Å². The Kier molecular flexibility index (Phi) is 4.16. The number of anilines is 1. The molecule has 0 amide bonds. The molecular formula is C16H18ClN3. The largest absolute Gasteiger partial charge is 0.355 e. The van der Waals surface area contributed by atoms with E-state index in [9.17, 15) is 0 Å². The number of hydrogen-bond donors (Lipinski definition) is 0. The zero-order valence-electron chi connectivity index (χ0n) is 11.4. The first-order chi connectivity index (χ1) is 9.83. The van der Waals surface area contributed by atoms with Crippen LogP contribution in [0.15, 0.2) is 42.9 Å². The Morgan fingerprint density at radius 3 is 2.60 bits per heavy atom. The van der Waals surface area contributed by atoms with Crippen LogP contribution in [0.4, 0.5) is 5.82 Å². The standard InChI is InChI=1S/C16H18ClN3/c17-15-11-18-12-19-16(15)20-8-6-14(7-9-20)10-13-4-2-1-3-5-13/h1-5,11-12,14H,6-10H2. The van der Waals surface area contributed by atoms with Gasteiger partial charge in [0.05, 0.1) is 6.20 Å². The molecule has 2 aromatic rings. The molecule has 1 aliphatic heterocycles. The van der Waals surface area contributed by atoms with Crippen LogP contribution in [-0.2, 0) is 6.42 Å². The predicted molar refractivity (Wildman–Crippen MR) is 82.1 cm³/mol. The minimum atomic E-state index is 0.647. The van der Waals surface area contributed by atoms with Crippen molar-refractivity contribution in [1.82, 2.24) is 9.97 Å². The lowest BCUT2D eigenvalue weighted by atomic mass is 9.90. The summed E-state index contributed by atoms with van der Waals surface area (Å²) in [6.07, 6.45) is 6.79. The van der Waals surface area contributed by atoms with Gasteiger partial charge in [-0.1, -0.05) is 41.9 Å². The number of aromatic nitrogens is 2. The van der Waals surface area contributed by atoms with Gasteiger partial charge in [-0.05, 0) is 30.7 Å². The summed E-state index contributed by atoms with van der Waals surface area (Å²) in [5.74, 6) is 1.63. The topological polar surface area (TPSA) is 29.0 Å². The molecule has 1 aromatic carbocycles. The van der Waals surface area contributed by atoms with Crippen molar-refractivity contribution in [3.63, 3.8) is 0 Å². The van der Waals surface area contributed by atoms with E-state index in [2.05, 4.69) is 45.2 Å². The highest BCUT2D eigenvalue weighted by atomic mass is 35.5. The second kappa shape index (κ2) is 6.23. The maximum absolute atomic E-state index is 6.16. The zero-order chi connectivity index (χ0) is 13.8. The molecule has 3 rings (SSSR count). The fourth-order valence-corrected chi connectivity index (χ4v) is 3.06. The van der Waals surface area contributed by atoms with Gasteiger partial charge < -0.3 is 4.90 Å². The molecule has 20 heavy (non-hydrogen) atoms. The average molecular weight is 288 g/mol. The Morgan fingerprint density at radius 1 is 1.15 bits per heavy atom. The lowest BCUT2D eigenvalue weighted by Gasteiger charge is -2.33. The Morgan fingerprint density at radius 2 is 1.90 bits per heavy atom. The van der Waals surface area contributed by atoms with Gasteiger partial charge in [0.25, 0.3) is 0 Å². The Bertz CT molecular complexity index is 551. The summed E-state index contributed by atoms with van der Waals surface area (Å²) in [5.41, 5.74) is 1.44. The second-order valence-electron chi connectivity index (χ2n) is 5.31. The molecule has 0 unspecified atom stereocenters. The average Bonchev–Trinajstić information content (AvgIpc) is 2.50. The van der Waals surface area contributed by atoms with Crippen LogP contribution in [0.25, 0.3) is 0 Å². The molecule has 0 atom stereocenters. The zero-order valence-corrected chi connectivity index (χ0v) is 12.1. The summed E-state index contributed by atoms with van der Waals surface area (Å²) in [5, 5.41) is 0.647. The fraction of sp³-hybridized carbons (Fsp3) is 0.375. The van der Waals surface area contributed by atoms with Crippen molar-refractivity contribution in [2.75, 3.05) is 18.0 Å². The fourth-order valence-electron chi connectivity index (χ4n) is 2.84. The van der Waals surface area contributed by atoms with E-state index < -0.39 is 0 Å². The van der Waals surface area contributed by atoms with Gasteiger partial charge in [-0.25, -0.2) is 9.97 Å². The van der Waals surface area contributed by atoms with Crippen molar-refractivity contribution in [2.45, 2.75) is 19.3 Å². The third-order valence-electron chi connectivity index (χ3n) is 3.93. The first-order valence-corrected chi connectivity index (χ1v) is 7.45. The third kappa shape index (κ3) is 3.10. The van der Waals surface area contributed by atoms with E-state index in [1.165, 1.54) is 24.8 Å². The molecular weight excluding hydrogens is 270 g/mol. The van der Waals surface area contributed by atoms with Crippen LogP contribution in [0.5, 0.6) is 0 Å².